The lowest BCUT2D eigenvalue weighted by Gasteiger charge is -2.32. The van der Waals surface area contributed by atoms with Crippen molar-refractivity contribution >= 4 is 23.5 Å². The summed E-state index contributed by atoms with van der Waals surface area (Å²) in [5, 5.41) is 1.35. The Morgan fingerprint density at radius 1 is 0.750 bits per heavy atom. The molecule has 1 aliphatic heterocycles. The Morgan fingerprint density at radius 2 is 1.25 bits per heavy atom. The molecule has 1 fully saturated rings. The molecule has 1 aromatic heterocycles. The van der Waals surface area contributed by atoms with E-state index in [-0.39, 0.29) is 18.3 Å². The van der Waals surface area contributed by atoms with Crippen molar-refractivity contribution in [3.8, 4) is 0 Å². The Morgan fingerprint density at radius 3 is 1.75 bits per heavy atom. The highest BCUT2D eigenvalue weighted by molar-refractivity contribution is 6.63. The van der Waals surface area contributed by atoms with Crippen LogP contribution in [0.4, 0.5) is 0 Å². The summed E-state index contributed by atoms with van der Waals surface area (Å²) in [6, 6.07) is 0. The molecule has 4 heteroatoms. The van der Waals surface area contributed by atoms with E-state index in [0.717, 1.165) is 0 Å². The fraction of sp³-hybridized carbons (Fsp3) is 0.600. The lowest BCUT2D eigenvalue weighted by molar-refractivity contribution is 0.00578. The standard InChI is InChI=1S/C20H30BNO2/c1-11-12(2)18-16(13(3)15(5)22(18)10)14(4)17(11)21-23-19(6,7)20(8,9)24-21/h1-10H3. The largest absolute Gasteiger partial charge is 0.495 e. The van der Waals surface area contributed by atoms with Crippen LogP contribution in [0.3, 0.4) is 0 Å². The number of nitrogens with zero attached hydrogens (tertiary/aromatic N) is 1. The van der Waals surface area contributed by atoms with Gasteiger partial charge in [-0.05, 0) is 90.0 Å². The van der Waals surface area contributed by atoms with Crippen LogP contribution in [-0.4, -0.2) is 22.9 Å². The van der Waals surface area contributed by atoms with Crippen molar-refractivity contribution in [2.45, 2.75) is 73.5 Å². The number of benzene rings is 1. The Hall–Kier alpha value is -1.26. The summed E-state index contributed by atoms with van der Waals surface area (Å²) in [6.07, 6.45) is 0. The molecule has 3 rings (SSSR count). The average Bonchev–Trinajstić information content (AvgIpc) is 2.81. The van der Waals surface area contributed by atoms with Gasteiger partial charge in [0.25, 0.3) is 0 Å². The van der Waals surface area contributed by atoms with Crippen LogP contribution in [0, 0.1) is 34.6 Å². The second-order valence-corrected chi connectivity index (χ2v) is 8.37. The van der Waals surface area contributed by atoms with Gasteiger partial charge in [0.05, 0.1) is 16.7 Å². The molecule has 2 heterocycles. The molecule has 0 amide bonds. The highest BCUT2D eigenvalue weighted by Gasteiger charge is 2.52. The second-order valence-electron chi connectivity index (χ2n) is 8.37. The molecule has 0 unspecified atom stereocenters. The van der Waals surface area contributed by atoms with E-state index in [9.17, 15) is 0 Å². The number of aromatic nitrogens is 1. The third kappa shape index (κ3) is 2.12. The second kappa shape index (κ2) is 5.12. The summed E-state index contributed by atoms with van der Waals surface area (Å²) in [7, 11) is 1.85. The van der Waals surface area contributed by atoms with E-state index in [1.807, 2.05) is 0 Å². The summed E-state index contributed by atoms with van der Waals surface area (Å²) < 4.78 is 15.0. The van der Waals surface area contributed by atoms with Crippen LogP contribution in [0.1, 0.15) is 55.6 Å². The maximum atomic E-state index is 6.36. The molecule has 1 aliphatic rings. The molecule has 0 spiro atoms. The molecule has 0 aliphatic carbocycles. The summed E-state index contributed by atoms with van der Waals surface area (Å²) in [6.45, 7) is 19.5. The fourth-order valence-electron chi connectivity index (χ4n) is 3.95. The van der Waals surface area contributed by atoms with Crippen molar-refractivity contribution in [3.05, 3.63) is 27.9 Å². The summed E-state index contributed by atoms with van der Waals surface area (Å²) in [5.74, 6) is 0. The minimum Gasteiger partial charge on any atom is -0.399 e. The molecule has 0 saturated carbocycles. The molecule has 0 atom stereocenters. The Bertz CT molecular complexity index is 830. The van der Waals surface area contributed by atoms with Gasteiger partial charge < -0.3 is 13.9 Å². The first-order valence-electron chi connectivity index (χ1n) is 8.81. The van der Waals surface area contributed by atoms with Gasteiger partial charge in [0.2, 0.25) is 0 Å². The van der Waals surface area contributed by atoms with E-state index in [2.05, 4.69) is 73.9 Å². The molecule has 3 nitrogen and oxygen atoms in total. The van der Waals surface area contributed by atoms with Crippen LogP contribution in [0.5, 0.6) is 0 Å². The predicted octanol–water partition coefficient (Wildman–Crippen LogP) is 4.02. The first-order chi connectivity index (χ1) is 10.9. The monoisotopic (exact) mass is 327 g/mol. The minimum absolute atomic E-state index is 0.307. The molecule has 0 radical (unpaired) electrons. The first-order valence-corrected chi connectivity index (χ1v) is 8.81. The molecular formula is C20H30BNO2. The van der Waals surface area contributed by atoms with Crippen LogP contribution >= 0.6 is 0 Å². The maximum Gasteiger partial charge on any atom is 0.495 e. The zero-order valence-electron chi connectivity index (χ0n) is 16.8. The average molecular weight is 327 g/mol. The lowest BCUT2D eigenvalue weighted by Crippen LogP contribution is -2.41. The van der Waals surface area contributed by atoms with E-state index in [1.54, 1.807) is 0 Å². The van der Waals surface area contributed by atoms with Gasteiger partial charge in [-0.2, -0.15) is 0 Å². The topological polar surface area (TPSA) is 23.4 Å². The van der Waals surface area contributed by atoms with Gasteiger partial charge in [0, 0.05) is 18.1 Å². The number of hydrogen-bond acceptors (Lipinski definition) is 2. The van der Waals surface area contributed by atoms with E-state index in [4.69, 9.17) is 9.31 Å². The molecule has 1 saturated heterocycles. The molecular weight excluding hydrogens is 297 g/mol. The molecule has 0 bridgehead atoms. The lowest BCUT2D eigenvalue weighted by atomic mass is 9.71. The smallest absolute Gasteiger partial charge is 0.399 e. The van der Waals surface area contributed by atoms with Crippen molar-refractivity contribution in [3.63, 3.8) is 0 Å². The first kappa shape index (κ1) is 17.6. The fourth-order valence-corrected chi connectivity index (χ4v) is 3.95. The van der Waals surface area contributed by atoms with Gasteiger partial charge in [0.1, 0.15) is 0 Å². The van der Waals surface area contributed by atoms with Gasteiger partial charge in [-0.25, -0.2) is 0 Å². The zero-order valence-corrected chi connectivity index (χ0v) is 16.8. The van der Waals surface area contributed by atoms with Crippen LogP contribution in [0.25, 0.3) is 10.9 Å². The normalized spacial score (nSPS) is 19.5. The Labute approximate surface area is 146 Å². The van der Waals surface area contributed by atoms with Crippen molar-refractivity contribution in [2.75, 3.05) is 0 Å². The zero-order chi connectivity index (χ0) is 18.2. The van der Waals surface area contributed by atoms with Gasteiger partial charge in [0.15, 0.2) is 0 Å². The van der Waals surface area contributed by atoms with Crippen molar-refractivity contribution in [1.82, 2.24) is 4.57 Å². The third-order valence-corrected chi connectivity index (χ3v) is 6.58. The van der Waals surface area contributed by atoms with Gasteiger partial charge in [-0.3, -0.25) is 0 Å². The Kier molecular flexibility index (Phi) is 3.75. The van der Waals surface area contributed by atoms with Gasteiger partial charge in [-0.15, -0.1) is 0 Å². The van der Waals surface area contributed by atoms with Gasteiger partial charge in [-0.1, -0.05) is 0 Å². The Balaban J connectivity index is 2.30. The van der Waals surface area contributed by atoms with E-state index in [1.165, 1.54) is 44.3 Å². The number of rotatable bonds is 1. The molecule has 2 aromatic rings. The molecule has 24 heavy (non-hydrogen) atoms. The summed E-state index contributed by atoms with van der Waals surface area (Å²) in [4.78, 5) is 0. The quantitative estimate of drug-likeness (QED) is 0.739. The van der Waals surface area contributed by atoms with Crippen LogP contribution in [-0.2, 0) is 16.4 Å². The predicted molar refractivity (Wildman–Crippen MR) is 102 cm³/mol. The van der Waals surface area contributed by atoms with Crippen molar-refractivity contribution < 1.29 is 9.31 Å². The number of fused-ring (bicyclic) bond motifs is 1. The highest BCUT2D eigenvalue weighted by Crippen LogP contribution is 2.38. The number of hydrogen-bond donors (Lipinski definition) is 0. The van der Waals surface area contributed by atoms with Crippen molar-refractivity contribution in [1.29, 1.82) is 0 Å². The van der Waals surface area contributed by atoms with Crippen LogP contribution in [0.2, 0.25) is 0 Å². The molecule has 1 aromatic carbocycles. The van der Waals surface area contributed by atoms with Crippen LogP contribution in [0.15, 0.2) is 0 Å². The summed E-state index contributed by atoms with van der Waals surface area (Å²) >= 11 is 0. The van der Waals surface area contributed by atoms with Gasteiger partial charge >= 0.3 is 7.12 Å². The summed E-state index contributed by atoms with van der Waals surface area (Å²) in [5.41, 5.74) is 8.45. The highest BCUT2D eigenvalue weighted by atomic mass is 16.7. The van der Waals surface area contributed by atoms with Crippen molar-refractivity contribution in [2.24, 2.45) is 7.05 Å². The van der Waals surface area contributed by atoms with E-state index >= 15 is 0 Å². The SMILES string of the molecule is Cc1c(B2OC(C)(C)C(C)(C)O2)c(C)c2c(C)c(C)n(C)c2c1C. The van der Waals surface area contributed by atoms with E-state index < -0.39 is 0 Å². The van der Waals surface area contributed by atoms with E-state index in [0.29, 0.717) is 0 Å². The van der Waals surface area contributed by atoms with Crippen LogP contribution < -0.4 is 5.46 Å². The third-order valence-electron chi connectivity index (χ3n) is 6.58. The maximum absolute atomic E-state index is 6.36. The minimum atomic E-state index is -0.318. The number of aryl methyl sites for hydroxylation is 4. The molecule has 130 valence electrons. The molecule has 0 N–H and O–H groups in total.